The Balaban J connectivity index is 2.09. The number of carbonyl (C=O) groups excluding carboxylic acids is 3. The zero-order chi connectivity index (χ0) is 17.9. The lowest BCUT2D eigenvalue weighted by Gasteiger charge is -2.61. The minimum Gasteiger partial charge on any atom is -0.462 e. The van der Waals surface area contributed by atoms with E-state index in [9.17, 15) is 14.4 Å². The molecule has 1 aliphatic heterocycles. The summed E-state index contributed by atoms with van der Waals surface area (Å²) >= 11 is 0. The molecule has 4 nitrogen and oxygen atoms in total. The van der Waals surface area contributed by atoms with Crippen LogP contribution in [0, 0.1) is 34.5 Å². The molecule has 24 heavy (non-hydrogen) atoms. The third-order valence-electron chi connectivity index (χ3n) is 7.42. The van der Waals surface area contributed by atoms with Crippen LogP contribution in [0.5, 0.6) is 0 Å². The molecule has 0 unspecified atom stereocenters. The zero-order valence-electron chi connectivity index (χ0n) is 15.6. The number of ether oxygens (including phenoxy) is 1. The summed E-state index contributed by atoms with van der Waals surface area (Å²) in [6, 6.07) is 0. The number of esters is 1. The van der Waals surface area contributed by atoms with E-state index in [1.807, 2.05) is 13.8 Å². The summed E-state index contributed by atoms with van der Waals surface area (Å²) < 4.78 is 5.60. The van der Waals surface area contributed by atoms with Crippen molar-refractivity contribution in [2.75, 3.05) is 0 Å². The Morgan fingerprint density at radius 3 is 2.50 bits per heavy atom. The van der Waals surface area contributed by atoms with Gasteiger partial charge in [-0.3, -0.25) is 14.4 Å². The van der Waals surface area contributed by atoms with Crippen molar-refractivity contribution in [3.8, 4) is 0 Å². The minimum absolute atomic E-state index is 0.0778. The summed E-state index contributed by atoms with van der Waals surface area (Å²) in [5, 5.41) is 0. The number of carbonyl (C=O) groups is 3. The largest absolute Gasteiger partial charge is 0.462 e. The van der Waals surface area contributed by atoms with E-state index in [1.54, 1.807) is 6.92 Å². The molecule has 1 heterocycles. The zero-order valence-corrected chi connectivity index (χ0v) is 15.6. The van der Waals surface area contributed by atoms with E-state index < -0.39 is 0 Å². The Hall–Kier alpha value is -1.19. The second kappa shape index (κ2) is 5.67. The summed E-state index contributed by atoms with van der Waals surface area (Å²) in [6.07, 6.45) is 3.54. The molecule has 0 N–H and O–H groups in total. The fraction of sp³-hybridized carbons (Fsp3) is 0.850. The molecule has 2 saturated carbocycles. The van der Waals surface area contributed by atoms with Crippen LogP contribution in [0.1, 0.15) is 66.7 Å². The van der Waals surface area contributed by atoms with Crippen LogP contribution in [0.2, 0.25) is 0 Å². The molecular formula is C20H30O4. The average Bonchev–Trinajstić information content (AvgIpc) is 2.49. The van der Waals surface area contributed by atoms with Crippen molar-refractivity contribution < 1.29 is 19.1 Å². The molecule has 1 saturated heterocycles. The summed E-state index contributed by atoms with van der Waals surface area (Å²) in [4.78, 5) is 38.2. The van der Waals surface area contributed by atoms with Gasteiger partial charge in [0, 0.05) is 17.8 Å². The van der Waals surface area contributed by atoms with E-state index in [2.05, 4.69) is 13.8 Å². The fourth-order valence-corrected chi connectivity index (χ4v) is 6.22. The number of cyclic esters (lactones) is 1. The van der Waals surface area contributed by atoms with Gasteiger partial charge in [0.15, 0.2) is 0 Å². The van der Waals surface area contributed by atoms with E-state index in [0.29, 0.717) is 6.42 Å². The van der Waals surface area contributed by atoms with Crippen LogP contribution in [0.25, 0.3) is 0 Å². The number of rotatable bonds is 2. The molecule has 0 bridgehead atoms. The van der Waals surface area contributed by atoms with E-state index in [4.69, 9.17) is 4.74 Å². The molecule has 3 aliphatic rings. The molecule has 134 valence electrons. The summed E-state index contributed by atoms with van der Waals surface area (Å²) in [5.74, 6) is -0.302. The van der Waals surface area contributed by atoms with Gasteiger partial charge in [0.2, 0.25) is 0 Å². The Labute approximate surface area is 144 Å². The first kappa shape index (κ1) is 17.6. The third kappa shape index (κ3) is 2.28. The van der Waals surface area contributed by atoms with E-state index in [1.165, 1.54) is 0 Å². The predicted octanol–water partition coefficient (Wildman–Crippen LogP) is 3.56. The molecule has 3 fully saturated rings. The normalized spacial score (nSPS) is 48.3. The Morgan fingerprint density at radius 2 is 1.92 bits per heavy atom. The smallest absolute Gasteiger partial charge is 0.309 e. The molecule has 0 aromatic rings. The third-order valence-corrected chi connectivity index (χ3v) is 7.42. The van der Waals surface area contributed by atoms with Crippen LogP contribution in [0.4, 0.5) is 0 Å². The van der Waals surface area contributed by atoms with Crippen molar-refractivity contribution in [2.24, 2.45) is 34.5 Å². The highest BCUT2D eigenvalue weighted by atomic mass is 16.5. The molecule has 0 aromatic carbocycles. The van der Waals surface area contributed by atoms with Gasteiger partial charge in [-0.05, 0) is 49.9 Å². The van der Waals surface area contributed by atoms with Crippen LogP contribution in [-0.2, 0) is 19.1 Å². The lowest BCUT2D eigenvalue weighted by molar-refractivity contribution is -0.201. The van der Waals surface area contributed by atoms with Gasteiger partial charge in [0.25, 0.3) is 0 Å². The number of ketones is 2. The van der Waals surface area contributed by atoms with Gasteiger partial charge in [0.05, 0.1) is 5.92 Å². The first-order valence-corrected chi connectivity index (χ1v) is 9.39. The molecule has 0 spiro atoms. The highest BCUT2D eigenvalue weighted by Crippen LogP contribution is 2.64. The van der Waals surface area contributed by atoms with Crippen LogP contribution in [-0.4, -0.2) is 23.6 Å². The lowest BCUT2D eigenvalue weighted by atomic mass is 9.42. The second-order valence-electron chi connectivity index (χ2n) is 8.91. The van der Waals surface area contributed by atoms with Gasteiger partial charge < -0.3 is 4.74 Å². The second-order valence-corrected chi connectivity index (χ2v) is 8.91. The molecule has 0 aromatic heterocycles. The molecular weight excluding hydrogens is 304 g/mol. The number of hydrogen-bond donors (Lipinski definition) is 0. The van der Waals surface area contributed by atoms with Crippen molar-refractivity contribution >= 4 is 17.5 Å². The predicted molar refractivity (Wildman–Crippen MR) is 90.2 cm³/mol. The summed E-state index contributed by atoms with van der Waals surface area (Å²) in [6.45, 7) is 9.86. The van der Waals surface area contributed by atoms with Gasteiger partial charge in [-0.2, -0.15) is 0 Å². The molecule has 3 rings (SSSR count). The van der Waals surface area contributed by atoms with Crippen molar-refractivity contribution in [1.82, 2.24) is 0 Å². The molecule has 4 heteroatoms. The molecule has 0 amide bonds. The monoisotopic (exact) mass is 334 g/mol. The average molecular weight is 334 g/mol. The number of Topliss-reactive ketones (excluding diaryl/α,β-unsaturated/α-hetero) is 2. The minimum atomic E-state index is -0.386. The number of fused-ring (bicyclic) bond motifs is 3. The van der Waals surface area contributed by atoms with E-state index in [0.717, 1.165) is 25.7 Å². The first-order valence-electron chi connectivity index (χ1n) is 9.39. The van der Waals surface area contributed by atoms with Gasteiger partial charge in [-0.15, -0.1) is 0 Å². The number of hydrogen-bond acceptors (Lipinski definition) is 4. The standard InChI is InChI=1S/C20H30O4/c1-6-13-10-20(5)14(18(23)24-13)7-8-19(4)15(12(3)21)9-11(2)16(22)17(19)20/h11,13-15,17H,6-10H2,1-5H3/t11-,13-,14-,15-,17-,19-,20-/m0/s1. The highest BCUT2D eigenvalue weighted by molar-refractivity contribution is 5.91. The van der Waals surface area contributed by atoms with Crippen molar-refractivity contribution in [1.29, 1.82) is 0 Å². The molecule has 2 aliphatic carbocycles. The molecule has 0 radical (unpaired) electrons. The van der Waals surface area contributed by atoms with Crippen molar-refractivity contribution in [2.45, 2.75) is 72.8 Å². The van der Waals surface area contributed by atoms with Crippen LogP contribution >= 0.6 is 0 Å². The fourth-order valence-electron chi connectivity index (χ4n) is 6.22. The quantitative estimate of drug-likeness (QED) is 0.724. The topological polar surface area (TPSA) is 60.4 Å². The van der Waals surface area contributed by atoms with Crippen molar-refractivity contribution in [3.05, 3.63) is 0 Å². The van der Waals surface area contributed by atoms with Gasteiger partial charge in [-0.1, -0.05) is 27.7 Å². The van der Waals surface area contributed by atoms with Gasteiger partial charge in [-0.25, -0.2) is 0 Å². The Bertz CT molecular complexity index is 582. The van der Waals surface area contributed by atoms with Crippen LogP contribution < -0.4 is 0 Å². The maximum Gasteiger partial charge on any atom is 0.309 e. The maximum absolute atomic E-state index is 13.2. The first-order chi connectivity index (χ1) is 11.1. The molecule has 7 atom stereocenters. The van der Waals surface area contributed by atoms with Crippen LogP contribution in [0.3, 0.4) is 0 Å². The highest BCUT2D eigenvalue weighted by Gasteiger charge is 2.65. The Kier molecular flexibility index (Phi) is 4.17. The Morgan fingerprint density at radius 1 is 1.25 bits per heavy atom. The van der Waals surface area contributed by atoms with Crippen LogP contribution in [0.15, 0.2) is 0 Å². The van der Waals surface area contributed by atoms with E-state index in [-0.39, 0.29) is 58.1 Å². The summed E-state index contributed by atoms with van der Waals surface area (Å²) in [7, 11) is 0. The van der Waals surface area contributed by atoms with Gasteiger partial charge in [0.1, 0.15) is 17.7 Å². The van der Waals surface area contributed by atoms with E-state index >= 15 is 0 Å². The maximum atomic E-state index is 13.2. The lowest BCUT2D eigenvalue weighted by Crippen LogP contribution is -2.63. The van der Waals surface area contributed by atoms with Gasteiger partial charge >= 0.3 is 5.97 Å². The SMILES string of the molecule is CC[C@H]1C[C@]2(C)[C@H]3C(=O)[C@@H](C)C[C@@H](C(C)=O)[C@]3(C)CC[C@H]2C(=O)O1. The van der Waals surface area contributed by atoms with Crippen molar-refractivity contribution in [3.63, 3.8) is 0 Å². The summed E-state index contributed by atoms with van der Waals surface area (Å²) in [5.41, 5.74) is -0.709.